The van der Waals surface area contributed by atoms with Crippen LogP contribution in [0.25, 0.3) is 0 Å². The molecule has 0 radical (unpaired) electrons. The van der Waals surface area contributed by atoms with Crippen LogP contribution < -0.4 is 0 Å². The van der Waals surface area contributed by atoms with E-state index in [1.54, 1.807) is 12.1 Å². The van der Waals surface area contributed by atoms with Gasteiger partial charge < -0.3 is 4.90 Å². The normalized spacial score (nSPS) is 20.7. The van der Waals surface area contributed by atoms with Crippen LogP contribution in [0.1, 0.15) is 24.8 Å². The molecule has 2 heterocycles. The third-order valence-corrected chi connectivity index (χ3v) is 4.83. The number of carbonyl (C=O) groups excluding carboxylic acids is 1. The maximum atomic E-state index is 13.2. The number of amides is 1. The SMILES string of the molecule is O=C(CN1CCN(Cc2cccc(F)c2)CC1)N1CCCCC1. The summed E-state index contributed by atoms with van der Waals surface area (Å²) in [6.45, 7) is 6.88. The van der Waals surface area contributed by atoms with Gasteiger partial charge in [-0.2, -0.15) is 0 Å². The highest BCUT2D eigenvalue weighted by Gasteiger charge is 2.22. The number of likely N-dealkylation sites (tertiary alicyclic amines) is 1. The molecule has 0 aliphatic carbocycles. The summed E-state index contributed by atoms with van der Waals surface area (Å²) in [6, 6.07) is 6.81. The van der Waals surface area contributed by atoms with Gasteiger partial charge in [0.05, 0.1) is 6.54 Å². The summed E-state index contributed by atoms with van der Waals surface area (Å²) < 4.78 is 13.2. The number of hydrogen-bond donors (Lipinski definition) is 0. The van der Waals surface area contributed by atoms with Crippen LogP contribution in [0.2, 0.25) is 0 Å². The van der Waals surface area contributed by atoms with E-state index in [-0.39, 0.29) is 11.7 Å². The number of hydrogen-bond acceptors (Lipinski definition) is 3. The Labute approximate surface area is 137 Å². The summed E-state index contributed by atoms with van der Waals surface area (Å²) in [5.41, 5.74) is 1.02. The van der Waals surface area contributed by atoms with E-state index >= 15 is 0 Å². The Morgan fingerprint density at radius 3 is 2.35 bits per heavy atom. The predicted molar refractivity (Wildman–Crippen MR) is 88.5 cm³/mol. The quantitative estimate of drug-likeness (QED) is 0.849. The van der Waals surface area contributed by atoms with Crippen LogP contribution in [-0.2, 0) is 11.3 Å². The van der Waals surface area contributed by atoms with Crippen LogP contribution in [0.5, 0.6) is 0 Å². The van der Waals surface area contributed by atoms with Crippen LogP contribution >= 0.6 is 0 Å². The van der Waals surface area contributed by atoms with Crippen molar-refractivity contribution in [1.29, 1.82) is 0 Å². The van der Waals surface area contributed by atoms with Crippen molar-refractivity contribution in [2.75, 3.05) is 45.8 Å². The molecule has 1 aromatic carbocycles. The van der Waals surface area contributed by atoms with Crippen LogP contribution in [0.4, 0.5) is 4.39 Å². The lowest BCUT2D eigenvalue weighted by atomic mass is 10.1. The van der Waals surface area contributed by atoms with Gasteiger partial charge in [-0.1, -0.05) is 12.1 Å². The molecule has 0 unspecified atom stereocenters. The molecule has 5 heteroatoms. The minimum atomic E-state index is -0.173. The fraction of sp³-hybridized carbons (Fsp3) is 0.611. The summed E-state index contributed by atoms with van der Waals surface area (Å²) in [4.78, 5) is 18.9. The molecule has 0 spiro atoms. The first-order valence-electron chi connectivity index (χ1n) is 8.68. The van der Waals surface area contributed by atoms with E-state index < -0.39 is 0 Å². The Morgan fingerprint density at radius 1 is 0.957 bits per heavy atom. The smallest absolute Gasteiger partial charge is 0.236 e. The van der Waals surface area contributed by atoms with E-state index in [0.717, 1.165) is 64.2 Å². The molecule has 126 valence electrons. The maximum Gasteiger partial charge on any atom is 0.236 e. The largest absolute Gasteiger partial charge is 0.342 e. The summed E-state index contributed by atoms with van der Waals surface area (Å²) in [5.74, 6) is 0.108. The summed E-state index contributed by atoms with van der Waals surface area (Å²) >= 11 is 0. The Bertz CT molecular complexity index is 523. The van der Waals surface area contributed by atoms with Crippen molar-refractivity contribution < 1.29 is 9.18 Å². The monoisotopic (exact) mass is 319 g/mol. The van der Waals surface area contributed by atoms with E-state index in [4.69, 9.17) is 0 Å². The van der Waals surface area contributed by atoms with Crippen LogP contribution in [0.15, 0.2) is 24.3 Å². The number of carbonyl (C=O) groups is 1. The summed E-state index contributed by atoms with van der Waals surface area (Å²) in [5, 5.41) is 0. The van der Waals surface area contributed by atoms with Gasteiger partial charge in [0.15, 0.2) is 0 Å². The molecule has 0 aromatic heterocycles. The van der Waals surface area contributed by atoms with Gasteiger partial charge in [-0.15, -0.1) is 0 Å². The summed E-state index contributed by atoms with van der Waals surface area (Å²) in [7, 11) is 0. The van der Waals surface area contributed by atoms with Gasteiger partial charge in [-0.05, 0) is 37.0 Å². The number of piperidine rings is 1. The first-order valence-corrected chi connectivity index (χ1v) is 8.68. The van der Waals surface area contributed by atoms with Gasteiger partial charge >= 0.3 is 0 Å². The van der Waals surface area contributed by atoms with E-state index in [9.17, 15) is 9.18 Å². The molecule has 0 bridgehead atoms. The molecule has 2 aliphatic rings. The van der Waals surface area contributed by atoms with Gasteiger partial charge in [0, 0.05) is 45.8 Å². The van der Waals surface area contributed by atoms with Crippen LogP contribution in [-0.4, -0.2) is 66.4 Å². The molecular weight excluding hydrogens is 293 g/mol. The zero-order valence-electron chi connectivity index (χ0n) is 13.7. The molecule has 3 rings (SSSR count). The standard InChI is InChI=1S/C18H26FN3O/c19-17-6-4-5-16(13-17)14-20-9-11-21(12-10-20)15-18(23)22-7-2-1-3-8-22/h4-6,13H,1-3,7-12,14-15H2. The van der Waals surface area contributed by atoms with E-state index in [1.165, 1.54) is 12.5 Å². The highest BCUT2D eigenvalue weighted by Crippen LogP contribution is 2.12. The molecule has 1 aromatic rings. The van der Waals surface area contributed by atoms with E-state index in [2.05, 4.69) is 9.80 Å². The first-order chi connectivity index (χ1) is 11.2. The second kappa shape index (κ2) is 7.88. The van der Waals surface area contributed by atoms with Gasteiger partial charge in [0.25, 0.3) is 0 Å². The molecule has 1 amide bonds. The van der Waals surface area contributed by atoms with Crippen molar-refractivity contribution in [1.82, 2.24) is 14.7 Å². The van der Waals surface area contributed by atoms with Gasteiger partial charge in [-0.3, -0.25) is 14.6 Å². The Hall–Kier alpha value is -1.46. The lowest BCUT2D eigenvalue weighted by molar-refractivity contribution is -0.133. The Morgan fingerprint density at radius 2 is 1.65 bits per heavy atom. The first kappa shape index (κ1) is 16.4. The van der Waals surface area contributed by atoms with Crippen molar-refractivity contribution in [3.63, 3.8) is 0 Å². The molecule has 4 nitrogen and oxygen atoms in total. The minimum Gasteiger partial charge on any atom is -0.342 e. The van der Waals surface area contributed by atoms with Gasteiger partial charge in [0.1, 0.15) is 5.82 Å². The zero-order valence-corrected chi connectivity index (χ0v) is 13.7. The fourth-order valence-electron chi connectivity index (χ4n) is 3.43. The number of nitrogens with zero attached hydrogens (tertiary/aromatic N) is 3. The highest BCUT2D eigenvalue weighted by atomic mass is 19.1. The van der Waals surface area contributed by atoms with Crippen molar-refractivity contribution >= 4 is 5.91 Å². The molecule has 23 heavy (non-hydrogen) atoms. The predicted octanol–water partition coefficient (Wildman–Crippen LogP) is 1.96. The lowest BCUT2D eigenvalue weighted by Crippen LogP contribution is -2.50. The third-order valence-electron chi connectivity index (χ3n) is 4.83. The lowest BCUT2D eigenvalue weighted by Gasteiger charge is -2.36. The van der Waals surface area contributed by atoms with Crippen LogP contribution in [0.3, 0.4) is 0 Å². The molecule has 2 fully saturated rings. The molecule has 2 saturated heterocycles. The Balaban J connectivity index is 1.42. The second-order valence-corrected chi connectivity index (χ2v) is 6.62. The number of rotatable bonds is 4. The summed E-state index contributed by atoms with van der Waals surface area (Å²) in [6.07, 6.45) is 3.54. The van der Waals surface area contributed by atoms with Crippen molar-refractivity contribution in [3.8, 4) is 0 Å². The number of piperazine rings is 1. The third kappa shape index (κ3) is 4.75. The second-order valence-electron chi connectivity index (χ2n) is 6.62. The van der Waals surface area contributed by atoms with Gasteiger partial charge in [-0.25, -0.2) is 4.39 Å². The van der Waals surface area contributed by atoms with Crippen molar-refractivity contribution in [2.24, 2.45) is 0 Å². The zero-order chi connectivity index (χ0) is 16.1. The van der Waals surface area contributed by atoms with Crippen molar-refractivity contribution in [2.45, 2.75) is 25.8 Å². The maximum absolute atomic E-state index is 13.2. The van der Waals surface area contributed by atoms with E-state index in [1.807, 2.05) is 11.0 Å². The van der Waals surface area contributed by atoms with Crippen LogP contribution in [0, 0.1) is 5.82 Å². The molecule has 0 atom stereocenters. The van der Waals surface area contributed by atoms with Gasteiger partial charge in [0.2, 0.25) is 5.91 Å². The highest BCUT2D eigenvalue weighted by molar-refractivity contribution is 5.78. The van der Waals surface area contributed by atoms with E-state index in [0.29, 0.717) is 6.54 Å². The Kier molecular flexibility index (Phi) is 5.62. The van der Waals surface area contributed by atoms with Crippen molar-refractivity contribution in [3.05, 3.63) is 35.6 Å². The fourth-order valence-corrected chi connectivity index (χ4v) is 3.43. The average molecular weight is 319 g/mol. The molecule has 0 N–H and O–H groups in total. The topological polar surface area (TPSA) is 26.8 Å². The average Bonchev–Trinajstić information content (AvgIpc) is 2.57. The number of benzene rings is 1. The number of halogens is 1. The molecule has 0 saturated carbocycles. The molecule has 2 aliphatic heterocycles. The molecular formula is C18H26FN3O. The minimum absolute atomic E-state index is 0.173.